The van der Waals surface area contributed by atoms with Gasteiger partial charge in [0.15, 0.2) is 6.61 Å². The first kappa shape index (κ1) is 13.0. The van der Waals surface area contributed by atoms with E-state index in [0.29, 0.717) is 12.2 Å². The Morgan fingerprint density at radius 1 is 1.26 bits per heavy atom. The molecule has 0 amide bonds. The number of ether oxygens (including phenoxy) is 1. The minimum Gasteiger partial charge on any atom is -0.479 e. The number of nitrogens with zero attached hydrogens (tertiary/aromatic N) is 2. The molecule has 1 heterocycles. The first-order valence-corrected chi connectivity index (χ1v) is 5.97. The van der Waals surface area contributed by atoms with Gasteiger partial charge in [0.2, 0.25) is 5.88 Å². The lowest BCUT2D eigenvalue weighted by atomic mass is 10.1. The van der Waals surface area contributed by atoms with E-state index in [9.17, 15) is 4.79 Å². The molecule has 1 aromatic carbocycles. The molecule has 0 bridgehead atoms. The van der Waals surface area contributed by atoms with E-state index in [2.05, 4.69) is 9.97 Å². The number of rotatable bonds is 5. The summed E-state index contributed by atoms with van der Waals surface area (Å²) in [4.78, 5) is 19.1. The number of carboxylic acids is 1. The second kappa shape index (κ2) is 5.95. The highest BCUT2D eigenvalue weighted by atomic mass is 16.5. The molecule has 1 aromatic heterocycles. The van der Waals surface area contributed by atoms with Crippen molar-refractivity contribution in [3.8, 4) is 17.1 Å². The summed E-state index contributed by atoms with van der Waals surface area (Å²) >= 11 is 0. The summed E-state index contributed by atoms with van der Waals surface area (Å²) in [6.45, 7) is 1.53. The zero-order chi connectivity index (χ0) is 13.7. The average molecular weight is 258 g/mol. The van der Waals surface area contributed by atoms with Gasteiger partial charge in [0.25, 0.3) is 0 Å². The Kier molecular flexibility index (Phi) is 4.07. The fourth-order valence-electron chi connectivity index (χ4n) is 1.60. The van der Waals surface area contributed by atoms with E-state index in [1.807, 2.05) is 37.3 Å². The quantitative estimate of drug-likeness (QED) is 0.889. The number of hydrogen-bond acceptors (Lipinski definition) is 4. The van der Waals surface area contributed by atoms with Gasteiger partial charge in [-0.05, 0) is 0 Å². The molecule has 0 spiro atoms. The maximum absolute atomic E-state index is 10.5. The summed E-state index contributed by atoms with van der Waals surface area (Å²) in [5, 5.41) is 8.62. The number of aliphatic carboxylic acids is 1. The lowest BCUT2D eigenvalue weighted by molar-refractivity contribution is -0.139. The van der Waals surface area contributed by atoms with E-state index in [1.165, 1.54) is 0 Å². The number of carbonyl (C=O) groups is 1. The number of aromatic nitrogens is 2. The summed E-state index contributed by atoms with van der Waals surface area (Å²) in [6.07, 6.45) is 0.657. The number of aryl methyl sites for hydroxylation is 1. The van der Waals surface area contributed by atoms with Crippen LogP contribution in [0.25, 0.3) is 11.3 Å². The van der Waals surface area contributed by atoms with Crippen molar-refractivity contribution in [1.29, 1.82) is 0 Å². The van der Waals surface area contributed by atoms with Crippen LogP contribution in [0.2, 0.25) is 0 Å². The minimum absolute atomic E-state index is 0.285. The molecule has 5 heteroatoms. The summed E-state index contributed by atoms with van der Waals surface area (Å²) in [7, 11) is 0. The molecular weight excluding hydrogens is 244 g/mol. The van der Waals surface area contributed by atoms with Gasteiger partial charge in [0.1, 0.15) is 5.82 Å². The topological polar surface area (TPSA) is 72.3 Å². The molecule has 19 heavy (non-hydrogen) atoms. The zero-order valence-electron chi connectivity index (χ0n) is 10.5. The highest BCUT2D eigenvalue weighted by Crippen LogP contribution is 2.20. The van der Waals surface area contributed by atoms with Gasteiger partial charge in [-0.15, -0.1) is 0 Å². The van der Waals surface area contributed by atoms with Gasteiger partial charge in [-0.2, -0.15) is 4.98 Å². The van der Waals surface area contributed by atoms with Crippen LogP contribution in [-0.2, 0) is 11.2 Å². The molecule has 0 saturated heterocycles. The highest BCUT2D eigenvalue weighted by molar-refractivity contribution is 5.68. The van der Waals surface area contributed by atoms with Crippen molar-refractivity contribution in [2.45, 2.75) is 13.3 Å². The lowest BCUT2D eigenvalue weighted by Gasteiger charge is -2.07. The van der Waals surface area contributed by atoms with Crippen LogP contribution in [0.4, 0.5) is 0 Å². The Morgan fingerprint density at radius 2 is 2.00 bits per heavy atom. The third-order valence-electron chi connectivity index (χ3n) is 2.48. The first-order chi connectivity index (χ1) is 9.19. The Balaban J connectivity index is 2.33. The fraction of sp³-hybridized carbons (Fsp3) is 0.214. The summed E-state index contributed by atoms with van der Waals surface area (Å²) in [5.74, 6) is -0.118. The normalized spacial score (nSPS) is 10.2. The largest absolute Gasteiger partial charge is 0.479 e. The van der Waals surface area contributed by atoms with Gasteiger partial charge < -0.3 is 9.84 Å². The Hall–Kier alpha value is -2.43. The molecule has 5 nitrogen and oxygen atoms in total. The molecule has 1 N–H and O–H groups in total. The van der Waals surface area contributed by atoms with Crippen LogP contribution in [0.5, 0.6) is 5.88 Å². The number of hydrogen-bond donors (Lipinski definition) is 1. The molecule has 2 aromatic rings. The molecule has 0 saturated carbocycles. The standard InChI is InChI=1S/C14H14N2O3/c1-2-12-15-11(10-6-4-3-5-7-10)8-13(16-12)19-9-14(17)18/h3-8H,2,9H2,1H3,(H,17,18). The van der Waals surface area contributed by atoms with Gasteiger partial charge >= 0.3 is 5.97 Å². The summed E-state index contributed by atoms with van der Waals surface area (Å²) in [5.41, 5.74) is 1.67. The van der Waals surface area contributed by atoms with Crippen molar-refractivity contribution in [1.82, 2.24) is 9.97 Å². The van der Waals surface area contributed by atoms with Crippen LogP contribution in [0.1, 0.15) is 12.7 Å². The van der Waals surface area contributed by atoms with Crippen LogP contribution >= 0.6 is 0 Å². The van der Waals surface area contributed by atoms with Crippen molar-refractivity contribution in [3.63, 3.8) is 0 Å². The van der Waals surface area contributed by atoms with E-state index in [0.717, 1.165) is 11.3 Å². The van der Waals surface area contributed by atoms with Crippen LogP contribution < -0.4 is 4.74 Å². The van der Waals surface area contributed by atoms with Crippen LogP contribution in [0.3, 0.4) is 0 Å². The van der Waals surface area contributed by atoms with Crippen molar-refractivity contribution < 1.29 is 14.6 Å². The van der Waals surface area contributed by atoms with Crippen molar-refractivity contribution in [2.75, 3.05) is 6.61 Å². The monoisotopic (exact) mass is 258 g/mol. The van der Waals surface area contributed by atoms with E-state index in [4.69, 9.17) is 9.84 Å². The van der Waals surface area contributed by atoms with E-state index >= 15 is 0 Å². The molecule has 2 rings (SSSR count). The summed E-state index contributed by atoms with van der Waals surface area (Å²) in [6, 6.07) is 11.3. The zero-order valence-corrected chi connectivity index (χ0v) is 10.5. The van der Waals surface area contributed by atoms with E-state index in [1.54, 1.807) is 6.07 Å². The molecule has 0 aliphatic rings. The van der Waals surface area contributed by atoms with E-state index < -0.39 is 12.6 Å². The molecule has 0 fully saturated rings. The Labute approximate surface area is 110 Å². The molecule has 98 valence electrons. The third kappa shape index (κ3) is 3.51. The Bertz CT molecular complexity index is 570. The maximum atomic E-state index is 10.5. The van der Waals surface area contributed by atoms with Crippen LogP contribution in [-0.4, -0.2) is 27.7 Å². The predicted molar refractivity (Wildman–Crippen MR) is 70.0 cm³/mol. The number of carboxylic acid groups (broad SMARTS) is 1. The van der Waals surface area contributed by atoms with Gasteiger partial charge in [0, 0.05) is 18.1 Å². The SMILES string of the molecule is CCc1nc(OCC(=O)O)cc(-c2ccccc2)n1. The van der Waals surface area contributed by atoms with Crippen LogP contribution in [0.15, 0.2) is 36.4 Å². The molecule has 0 unspecified atom stereocenters. The van der Waals surface area contributed by atoms with E-state index in [-0.39, 0.29) is 5.88 Å². The number of benzene rings is 1. The average Bonchev–Trinajstić information content (AvgIpc) is 2.45. The molecular formula is C14H14N2O3. The predicted octanol–water partition coefficient (Wildman–Crippen LogP) is 2.17. The van der Waals surface area contributed by atoms with Crippen molar-refractivity contribution in [2.24, 2.45) is 0 Å². The third-order valence-corrected chi connectivity index (χ3v) is 2.48. The van der Waals surface area contributed by atoms with Crippen molar-refractivity contribution in [3.05, 3.63) is 42.2 Å². The minimum atomic E-state index is -1.03. The molecule has 0 atom stereocenters. The van der Waals surface area contributed by atoms with Gasteiger partial charge in [0.05, 0.1) is 5.69 Å². The smallest absolute Gasteiger partial charge is 0.341 e. The maximum Gasteiger partial charge on any atom is 0.341 e. The van der Waals surface area contributed by atoms with Crippen molar-refractivity contribution >= 4 is 5.97 Å². The second-order valence-corrected chi connectivity index (χ2v) is 3.91. The van der Waals surface area contributed by atoms with Crippen LogP contribution in [0, 0.1) is 0 Å². The fourth-order valence-corrected chi connectivity index (χ4v) is 1.60. The second-order valence-electron chi connectivity index (χ2n) is 3.91. The van der Waals surface area contributed by atoms with Gasteiger partial charge in [-0.3, -0.25) is 0 Å². The van der Waals surface area contributed by atoms with Gasteiger partial charge in [-0.25, -0.2) is 9.78 Å². The Morgan fingerprint density at radius 3 is 2.63 bits per heavy atom. The van der Waals surface area contributed by atoms with Gasteiger partial charge in [-0.1, -0.05) is 37.3 Å². The molecule has 0 radical (unpaired) electrons. The lowest BCUT2D eigenvalue weighted by Crippen LogP contribution is -2.11. The molecule has 0 aliphatic heterocycles. The first-order valence-electron chi connectivity index (χ1n) is 5.97. The summed E-state index contributed by atoms with van der Waals surface area (Å²) < 4.78 is 5.12. The molecule has 0 aliphatic carbocycles. The highest BCUT2D eigenvalue weighted by Gasteiger charge is 2.07.